The Bertz CT molecular complexity index is 610. The van der Waals surface area contributed by atoms with Crippen molar-refractivity contribution in [2.24, 2.45) is 0 Å². The van der Waals surface area contributed by atoms with Gasteiger partial charge >= 0.3 is 0 Å². The van der Waals surface area contributed by atoms with Crippen LogP contribution in [-0.4, -0.2) is 16.8 Å². The highest BCUT2D eigenvalue weighted by Crippen LogP contribution is 2.23. The second kappa shape index (κ2) is 7.18. The van der Waals surface area contributed by atoms with Crippen LogP contribution in [0.3, 0.4) is 0 Å². The summed E-state index contributed by atoms with van der Waals surface area (Å²) < 4.78 is 16.8. The number of aromatic nitrogens is 2. The zero-order valence-corrected chi connectivity index (χ0v) is 14.2. The van der Waals surface area contributed by atoms with Crippen molar-refractivity contribution in [3.8, 4) is 0 Å². The standard InChI is InChI=1S/C16H21BrFN3/c1-4-13-10-16(21(5-2)20-13)15(19-3)8-11-6-7-12(17)9-14(11)18/h6-7,9-10,15,19H,4-5,8H2,1-3H3. The average Bonchev–Trinajstić information content (AvgIpc) is 2.90. The molecule has 0 aliphatic carbocycles. The van der Waals surface area contributed by atoms with Gasteiger partial charge in [-0.2, -0.15) is 5.10 Å². The van der Waals surface area contributed by atoms with Crippen molar-refractivity contribution in [3.63, 3.8) is 0 Å². The van der Waals surface area contributed by atoms with Gasteiger partial charge in [0.2, 0.25) is 0 Å². The molecule has 5 heteroatoms. The van der Waals surface area contributed by atoms with Gasteiger partial charge in [-0.1, -0.05) is 28.9 Å². The van der Waals surface area contributed by atoms with Gasteiger partial charge in [-0.05, 0) is 50.6 Å². The van der Waals surface area contributed by atoms with Gasteiger partial charge in [0, 0.05) is 11.0 Å². The number of rotatable bonds is 6. The van der Waals surface area contributed by atoms with Crippen molar-refractivity contribution >= 4 is 15.9 Å². The number of nitrogens with one attached hydrogen (secondary N) is 1. The summed E-state index contributed by atoms with van der Waals surface area (Å²) in [5.74, 6) is -0.178. The third-order valence-electron chi connectivity index (χ3n) is 3.67. The van der Waals surface area contributed by atoms with E-state index in [0.717, 1.165) is 28.8 Å². The molecule has 1 N–H and O–H groups in total. The minimum Gasteiger partial charge on any atom is -0.311 e. The third-order valence-corrected chi connectivity index (χ3v) is 4.16. The minimum absolute atomic E-state index is 0.0495. The molecule has 0 amide bonds. The van der Waals surface area contributed by atoms with Crippen LogP contribution in [-0.2, 0) is 19.4 Å². The van der Waals surface area contributed by atoms with E-state index in [9.17, 15) is 4.39 Å². The van der Waals surface area contributed by atoms with E-state index in [1.165, 1.54) is 6.07 Å². The lowest BCUT2D eigenvalue weighted by Crippen LogP contribution is -2.22. The summed E-state index contributed by atoms with van der Waals surface area (Å²) in [7, 11) is 1.90. The fourth-order valence-electron chi connectivity index (χ4n) is 2.46. The normalized spacial score (nSPS) is 12.6. The number of likely N-dealkylation sites (N-methyl/N-ethyl adjacent to an activating group) is 1. The lowest BCUT2D eigenvalue weighted by Gasteiger charge is -2.18. The van der Waals surface area contributed by atoms with Gasteiger partial charge in [-0.3, -0.25) is 4.68 Å². The van der Waals surface area contributed by atoms with Crippen LogP contribution >= 0.6 is 15.9 Å². The van der Waals surface area contributed by atoms with Gasteiger partial charge < -0.3 is 5.32 Å². The molecule has 0 aliphatic rings. The monoisotopic (exact) mass is 353 g/mol. The molecular formula is C16H21BrFN3. The van der Waals surface area contributed by atoms with E-state index >= 15 is 0 Å². The molecule has 0 radical (unpaired) electrons. The van der Waals surface area contributed by atoms with Crippen molar-refractivity contribution in [2.75, 3.05) is 7.05 Å². The van der Waals surface area contributed by atoms with Crippen LogP contribution in [0, 0.1) is 5.82 Å². The Balaban J connectivity index is 2.29. The summed E-state index contributed by atoms with van der Waals surface area (Å²) in [6.07, 6.45) is 1.51. The summed E-state index contributed by atoms with van der Waals surface area (Å²) in [5.41, 5.74) is 2.89. The molecule has 0 fully saturated rings. The average molecular weight is 354 g/mol. The van der Waals surface area contributed by atoms with Crippen LogP contribution in [0.4, 0.5) is 4.39 Å². The fourth-order valence-corrected chi connectivity index (χ4v) is 2.79. The molecule has 0 spiro atoms. The van der Waals surface area contributed by atoms with Crippen molar-refractivity contribution in [1.29, 1.82) is 0 Å². The Labute approximate surface area is 133 Å². The maximum atomic E-state index is 14.0. The number of nitrogens with zero attached hydrogens (tertiary/aromatic N) is 2. The largest absolute Gasteiger partial charge is 0.311 e. The van der Waals surface area contributed by atoms with Crippen LogP contribution in [0.2, 0.25) is 0 Å². The summed E-state index contributed by atoms with van der Waals surface area (Å²) in [6, 6.07) is 7.38. The quantitative estimate of drug-likeness (QED) is 0.854. The highest BCUT2D eigenvalue weighted by atomic mass is 79.9. The van der Waals surface area contributed by atoms with E-state index in [0.29, 0.717) is 12.0 Å². The molecule has 1 heterocycles. The smallest absolute Gasteiger partial charge is 0.127 e. The van der Waals surface area contributed by atoms with E-state index in [2.05, 4.69) is 46.3 Å². The van der Waals surface area contributed by atoms with Gasteiger partial charge in [0.15, 0.2) is 0 Å². The molecule has 2 aromatic rings. The lowest BCUT2D eigenvalue weighted by atomic mass is 10.0. The van der Waals surface area contributed by atoms with Crippen molar-refractivity contribution in [1.82, 2.24) is 15.1 Å². The molecule has 21 heavy (non-hydrogen) atoms. The van der Waals surface area contributed by atoms with Gasteiger partial charge in [0.1, 0.15) is 5.82 Å². The van der Waals surface area contributed by atoms with Crippen LogP contribution in [0.1, 0.15) is 36.8 Å². The highest BCUT2D eigenvalue weighted by molar-refractivity contribution is 9.10. The predicted molar refractivity (Wildman–Crippen MR) is 86.9 cm³/mol. The number of halogens is 2. The summed E-state index contributed by atoms with van der Waals surface area (Å²) >= 11 is 3.29. The first kappa shape index (κ1) is 16.2. The number of aryl methyl sites for hydroxylation is 2. The Morgan fingerprint density at radius 3 is 2.67 bits per heavy atom. The fraction of sp³-hybridized carbons (Fsp3) is 0.438. The zero-order valence-electron chi connectivity index (χ0n) is 12.7. The number of benzene rings is 1. The van der Waals surface area contributed by atoms with Gasteiger partial charge in [-0.25, -0.2) is 4.39 Å². The first-order valence-electron chi connectivity index (χ1n) is 7.26. The topological polar surface area (TPSA) is 29.9 Å². The predicted octanol–water partition coefficient (Wildman–Crippen LogP) is 3.87. The first-order chi connectivity index (χ1) is 10.1. The van der Waals surface area contributed by atoms with E-state index in [1.807, 2.05) is 23.9 Å². The molecule has 114 valence electrons. The second-order valence-electron chi connectivity index (χ2n) is 5.01. The van der Waals surface area contributed by atoms with Crippen LogP contribution < -0.4 is 5.32 Å². The van der Waals surface area contributed by atoms with E-state index < -0.39 is 0 Å². The van der Waals surface area contributed by atoms with Crippen molar-refractivity contribution in [3.05, 3.63) is 51.5 Å². The van der Waals surface area contributed by atoms with Crippen LogP contribution in [0.5, 0.6) is 0 Å². The molecule has 1 aromatic carbocycles. The SMILES string of the molecule is CCc1cc(C(Cc2ccc(Br)cc2F)NC)n(CC)n1. The molecule has 0 bridgehead atoms. The number of hydrogen-bond donors (Lipinski definition) is 1. The molecule has 1 atom stereocenters. The molecule has 0 saturated heterocycles. The van der Waals surface area contributed by atoms with E-state index in [1.54, 1.807) is 0 Å². The minimum atomic E-state index is -0.178. The van der Waals surface area contributed by atoms with Gasteiger partial charge in [0.05, 0.1) is 17.4 Å². The second-order valence-corrected chi connectivity index (χ2v) is 5.93. The number of hydrogen-bond acceptors (Lipinski definition) is 2. The highest BCUT2D eigenvalue weighted by Gasteiger charge is 2.18. The molecule has 1 aromatic heterocycles. The summed E-state index contributed by atoms with van der Waals surface area (Å²) in [6.45, 7) is 4.98. The van der Waals surface area contributed by atoms with Gasteiger partial charge in [-0.15, -0.1) is 0 Å². The van der Waals surface area contributed by atoms with Crippen molar-refractivity contribution in [2.45, 2.75) is 39.3 Å². The zero-order chi connectivity index (χ0) is 15.4. The summed E-state index contributed by atoms with van der Waals surface area (Å²) in [4.78, 5) is 0. The van der Waals surface area contributed by atoms with Crippen LogP contribution in [0.15, 0.2) is 28.7 Å². The molecule has 0 aliphatic heterocycles. The van der Waals surface area contributed by atoms with E-state index in [4.69, 9.17) is 0 Å². The Kier molecular flexibility index (Phi) is 5.53. The Hall–Kier alpha value is -1.20. The van der Waals surface area contributed by atoms with Gasteiger partial charge in [0.25, 0.3) is 0 Å². The molecule has 1 unspecified atom stereocenters. The Morgan fingerprint density at radius 2 is 2.10 bits per heavy atom. The van der Waals surface area contributed by atoms with Crippen LogP contribution in [0.25, 0.3) is 0 Å². The molecule has 3 nitrogen and oxygen atoms in total. The molecular weight excluding hydrogens is 333 g/mol. The maximum Gasteiger partial charge on any atom is 0.127 e. The first-order valence-corrected chi connectivity index (χ1v) is 8.06. The van der Waals surface area contributed by atoms with Crippen molar-refractivity contribution < 1.29 is 4.39 Å². The Morgan fingerprint density at radius 1 is 1.33 bits per heavy atom. The summed E-state index contributed by atoms with van der Waals surface area (Å²) in [5, 5.41) is 7.85. The van der Waals surface area contributed by atoms with E-state index in [-0.39, 0.29) is 11.9 Å². The molecule has 0 saturated carbocycles. The lowest BCUT2D eigenvalue weighted by molar-refractivity contribution is 0.500. The molecule has 2 rings (SSSR count). The maximum absolute atomic E-state index is 14.0. The third kappa shape index (κ3) is 3.71.